The zero-order valence-electron chi connectivity index (χ0n) is 14.3. The molecule has 26 heavy (non-hydrogen) atoms. The molecule has 3 aromatic rings. The number of rotatable bonds is 6. The highest BCUT2D eigenvalue weighted by molar-refractivity contribution is 7.20. The van der Waals surface area contributed by atoms with E-state index in [1.165, 1.54) is 18.4 Å². The van der Waals surface area contributed by atoms with Gasteiger partial charge in [-0.1, -0.05) is 12.1 Å². The van der Waals surface area contributed by atoms with Crippen molar-refractivity contribution in [3.05, 3.63) is 59.0 Å². The molecule has 0 bridgehead atoms. The largest absolute Gasteiger partial charge is 0.497 e. The summed E-state index contributed by atoms with van der Waals surface area (Å²) in [7, 11) is 2.90. The quantitative estimate of drug-likeness (QED) is 0.393. The number of ether oxygens (including phenoxy) is 3. The fourth-order valence-electron chi connectivity index (χ4n) is 2.49. The lowest BCUT2D eigenvalue weighted by atomic mass is 10.1. The summed E-state index contributed by atoms with van der Waals surface area (Å²) in [6.45, 7) is 0. The molecule has 1 heterocycles. The van der Waals surface area contributed by atoms with Crippen molar-refractivity contribution in [1.29, 1.82) is 5.41 Å². The summed E-state index contributed by atoms with van der Waals surface area (Å²) in [4.78, 5) is 12.9. The van der Waals surface area contributed by atoms with E-state index in [0.717, 1.165) is 10.1 Å². The summed E-state index contributed by atoms with van der Waals surface area (Å²) in [6.07, 6.45) is -0.893. The molecule has 2 aromatic carbocycles. The minimum absolute atomic E-state index is 0.0272. The van der Waals surface area contributed by atoms with Crippen LogP contribution in [0.2, 0.25) is 0 Å². The van der Waals surface area contributed by atoms with E-state index in [-0.39, 0.29) is 5.84 Å². The van der Waals surface area contributed by atoms with Crippen LogP contribution in [0.3, 0.4) is 0 Å². The highest BCUT2D eigenvalue weighted by Gasteiger charge is 2.24. The molecule has 7 heteroatoms. The van der Waals surface area contributed by atoms with Gasteiger partial charge in [-0.05, 0) is 41.8 Å². The van der Waals surface area contributed by atoms with E-state index in [1.54, 1.807) is 37.4 Å². The van der Waals surface area contributed by atoms with Crippen LogP contribution < -0.4 is 15.2 Å². The number of fused-ring (bicyclic) bond motifs is 1. The van der Waals surface area contributed by atoms with Crippen LogP contribution in [0.25, 0.3) is 10.1 Å². The van der Waals surface area contributed by atoms with Gasteiger partial charge in [0.15, 0.2) is 0 Å². The molecule has 1 aromatic heterocycles. The van der Waals surface area contributed by atoms with E-state index in [2.05, 4.69) is 0 Å². The standard InChI is InChI=1S/C19H18N2O4S/c1-23-13-6-3-11(4-7-13)17(19(22)24-2)25-14-8-5-12-9-16(18(20)21)26-15(12)10-14/h3-10,17H,1-2H3,(H3,20,21). The lowest BCUT2D eigenvalue weighted by Gasteiger charge is -2.17. The number of nitrogen functional groups attached to an aromatic ring is 1. The summed E-state index contributed by atoms with van der Waals surface area (Å²) in [6, 6.07) is 14.4. The van der Waals surface area contributed by atoms with E-state index in [4.69, 9.17) is 25.4 Å². The number of amidine groups is 1. The van der Waals surface area contributed by atoms with Crippen LogP contribution in [0.1, 0.15) is 16.5 Å². The molecule has 0 fully saturated rings. The highest BCUT2D eigenvalue weighted by atomic mass is 32.1. The minimum atomic E-state index is -0.893. The summed E-state index contributed by atoms with van der Waals surface area (Å²) in [5.41, 5.74) is 6.21. The molecule has 134 valence electrons. The van der Waals surface area contributed by atoms with Gasteiger partial charge in [0.25, 0.3) is 0 Å². The summed E-state index contributed by atoms with van der Waals surface area (Å²) in [5, 5.41) is 8.51. The zero-order valence-corrected chi connectivity index (χ0v) is 15.1. The second-order valence-electron chi connectivity index (χ2n) is 5.52. The first-order valence-electron chi connectivity index (χ1n) is 7.78. The van der Waals surface area contributed by atoms with Crippen molar-refractivity contribution in [2.45, 2.75) is 6.10 Å². The maximum absolute atomic E-state index is 12.2. The van der Waals surface area contributed by atoms with Gasteiger partial charge in [-0.3, -0.25) is 5.41 Å². The number of nitrogens with one attached hydrogen (secondary N) is 1. The molecule has 0 spiro atoms. The van der Waals surface area contributed by atoms with Gasteiger partial charge in [-0.25, -0.2) is 4.79 Å². The van der Waals surface area contributed by atoms with Gasteiger partial charge in [-0.15, -0.1) is 11.3 Å². The van der Waals surface area contributed by atoms with Crippen LogP contribution >= 0.6 is 11.3 Å². The van der Waals surface area contributed by atoms with E-state index in [0.29, 0.717) is 21.9 Å². The second-order valence-corrected chi connectivity index (χ2v) is 6.60. The van der Waals surface area contributed by atoms with E-state index >= 15 is 0 Å². The Morgan fingerprint density at radius 3 is 2.38 bits per heavy atom. The Labute approximate surface area is 154 Å². The molecule has 1 unspecified atom stereocenters. The minimum Gasteiger partial charge on any atom is -0.497 e. The molecule has 0 aliphatic carbocycles. The molecular formula is C19H18N2O4S. The van der Waals surface area contributed by atoms with Gasteiger partial charge in [0, 0.05) is 10.3 Å². The molecule has 0 radical (unpaired) electrons. The Morgan fingerprint density at radius 1 is 1.08 bits per heavy atom. The highest BCUT2D eigenvalue weighted by Crippen LogP contribution is 2.31. The van der Waals surface area contributed by atoms with Crippen molar-refractivity contribution in [3.63, 3.8) is 0 Å². The van der Waals surface area contributed by atoms with Gasteiger partial charge in [0.2, 0.25) is 6.10 Å². The zero-order chi connectivity index (χ0) is 18.7. The Hall–Kier alpha value is -3.06. The lowest BCUT2D eigenvalue weighted by molar-refractivity contribution is -0.149. The molecule has 6 nitrogen and oxygen atoms in total. The third-order valence-corrected chi connectivity index (χ3v) is 4.98. The molecule has 3 rings (SSSR count). The number of esters is 1. The fraction of sp³-hybridized carbons (Fsp3) is 0.158. The number of hydrogen-bond acceptors (Lipinski definition) is 6. The number of benzene rings is 2. The Morgan fingerprint density at radius 2 is 1.77 bits per heavy atom. The normalized spacial score (nSPS) is 11.8. The van der Waals surface area contributed by atoms with E-state index in [9.17, 15) is 4.79 Å². The number of thiophene rings is 1. The van der Waals surface area contributed by atoms with Gasteiger partial charge in [-0.2, -0.15) is 0 Å². The Balaban J connectivity index is 1.91. The fourth-order valence-corrected chi connectivity index (χ4v) is 3.44. The third kappa shape index (κ3) is 3.62. The molecule has 0 amide bonds. The summed E-state index contributed by atoms with van der Waals surface area (Å²) < 4.78 is 16.9. The van der Waals surface area contributed by atoms with Crippen molar-refractivity contribution < 1.29 is 19.0 Å². The van der Waals surface area contributed by atoms with Crippen molar-refractivity contribution in [3.8, 4) is 11.5 Å². The first kappa shape index (κ1) is 17.8. The van der Waals surface area contributed by atoms with Crippen LogP contribution in [-0.4, -0.2) is 26.0 Å². The predicted molar refractivity (Wildman–Crippen MR) is 101 cm³/mol. The maximum Gasteiger partial charge on any atom is 0.351 e. The van der Waals surface area contributed by atoms with Crippen LogP contribution in [0, 0.1) is 5.41 Å². The monoisotopic (exact) mass is 370 g/mol. The molecule has 0 saturated carbocycles. The first-order chi connectivity index (χ1) is 12.5. The average Bonchev–Trinajstić information content (AvgIpc) is 3.09. The molecule has 0 saturated heterocycles. The molecular weight excluding hydrogens is 352 g/mol. The van der Waals surface area contributed by atoms with E-state index in [1.807, 2.05) is 18.2 Å². The molecule has 0 aliphatic heterocycles. The third-order valence-electron chi connectivity index (χ3n) is 3.84. The number of carbonyl (C=O) groups is 1. The van der Waals surface area contributed by atoms with Crippen molar-refractivity contribution in [2.24, 2.45) is 5.73 Å². The SMILES string of the molecule is COC(=O)C(Oc1ccc2cc(C(=N)N)sc2c1)c1ccc(OC)cc1. The van der Waals surface area contributed by atoms with E-state index < -0.39 is 12.1 Å². The second kappa shape index (κ2) is 7.45. The van der Waals surface area contributed by atoms with Crippen LogP contribution in [0.5, 0.6) is 11.5 Å². The topological polar surface area (TPSA) is 94.6 Å². The van der Waals surface area contributed by atoms with Gasteiger partial charge >= 0.3 is 5.97 Å². The smallest absolute Gasteiger partial charge is 0.351 e. The Bertz CT molecular complexity index is 950. The summed E-state index contributed by atoms with van der Waals surface area (Å²) in [5.74, 6) is 0.750. The summed E-state index contributed by atoms with van der Waals surface area (Å²) >= 11 is 1.40. The van der Waals surface area contributed by atoms with Gasteiger partial charge in [0.05, 0.1) is 19.1 Å². The van der Waals surface area contributed by atoms with Crippen LogP contribution in [0.4, 0.5) is 0 Å². The van der Waals surface area contributed by atoms with Crippen LogP contribution in [-0.2, 0) is 9.53 Å². The van der Waals surface area contributed by atoms with Crippen molar-refractivity contribution in [1.82, 2.24) is 0 Å². The Kier molecular flexibility index (Phi) is 5.09. The van der Waals surface area contributed by atoms with Crippen molar-refractivity contribution >= 4 is 33.2 Å². The number of hydrogen-bond donors (Lipinski definition) is 2. The molecule has 0 aliphatic rings. The first-order valence-corrected chi connectivity index (χ1v) is 8.60. The average molecular weight is 370 g/mol. The number of carbonyl (C=O) groups excluding carboxylic acids is 1. The maximum atomic E-state index is 12.2. The van der Waals surface area contributed by atoms with Gasteiger partial charge in [0.1, 0.15) is 17.3 Å². The van der Waals surface area contributed by atoms with Gasteiger partial charge < -0.3 is 19.9 Å². The van der Waals surface area contributed by atoms with Crippen molar-refractivity contribution in [2.75, 3.05) is 14.2 Å². The number of nitrogens with two attached hydrogens (primary N) is 1. The molecule has 1 atom stereocenters. The van der Waals surface area contributed by atoms with Crippen LogP contribution in [0.15, 0.2) is 48.5 Å². The lowest BCUT2D eigenvalue weighted by Crippen LogP contribution is -2.20. The number of methoxy groups -OCH3 is 2. The predicted octanol–water partition coefficient (Wildman–Crippen LogP) is 3.49. The molecule has 3 N–H and O–H groups in total.